The maximum Gasteiger partial charge on any atom is 0.250 e. The number of pyridine rings is 1. The van der Waals surface area contributed by atoms with Gasteiger partial charge in [-0.25, -0.2) is 15.0 Å². The summed E-state index contributed by atoms with van der Waals surface area (Å²) in [5.74, 6) is 0.189. The number of hydrogen-bond acceptors (Lipinski definition) is 6. The van der Waals surface area contributed by atoms with Crippen molar-refractivity contribution in [2.45, 2.75) is 13.3 Å². The maximum absolute atomic E-state index is 11.6. The molecule has 3 aromatic rings. The van der Waals surface area contributed by atoms with Crippen molar-refractivity contribution in [3.8, 4) is 11.3 Å². The topological polar surface area (TPSA) is 121 Å². The zero-order chi connectivity index (χ0) is 19.7. The molecule has 1 saturated heterocycles. The summed E-state index contributed by atoms with van der Waals surface area (Å²) in [6.45, 7) is 4.47. The largest absolute Gasteiger partial charge is 0.366 e. The van der Waals surface area contributed by atoms with Crippen LogP contribution in [0.5, 0.6) is 0 Å². The van der Waals surface area contributed by atoms with Gasteiger partial charge in [0.15, 0.2) is 0 Å². The fourth-order valence-corrected chi connectivity index (χ4v) is 3.43. The zero-order valence-electron chi connectivity index (χ0n) is 15.6. The molecule has 4 heterocycles. The van der Waals surface area contributed by atoms with E-state index in [0.29, 0.717) is 30.2 Å². The van der Waals surface area contributed by atoms with Crippen LogP contribution >= 0.6 is 0 Å². The van der Waals surface area contributed by atoms with Crippen LogP contribution in [0.15, 0.2) is 30.7 Å². The van der Waals surface area contributed by atoms with Gasteiger partial charge in [0, 0.05) is 65.5 Å². The molecule has 1 fully saturated rings. The van der Waals surface area contributed by atoms with E-state index in [2.05, 4.69) is 19.9 Å². The predicted molar refractivity (Wildman–Crippen MR) is 109 cm³/mol. The van der Waals surface area contributed by atoms with Gasteiger partial charge in [0.1, 0.15) is 5.65 Å². The number of H-pyrrole nitrogens is 1. The number of nitrogens with two attached hydrogens (primary N) is 1. The number of fused-ring (bicyclic) bond motifs is 1. The number of hydrogen-bond donors (Lipinski definition) is 2. The van der Waals surface area contributed by atoms with Crippen LogP contribution in [0.2, 0.25) is 0 Å². The van der Waals surface area contributed by atoms with Gasteiger partial charge < -0.3 is 20.5 Å². The number of rotatable bonds is 3. The van der Waals surface area contributed by atoms with E-state index in [4.69, 9.17) is 10.7 Å². The van der Waals surface area contributed by atoms with Gasteiger partial charge in [-0.3, -0.25) is 9.59 Å². The molecular formula is C19H25N7O2. The highest BCUT2D eigenvalue weighted by Crippen LogP contribution is 2.28. The Labute approximate surface area is 164 Å². The van der Waals surface area contributed by atoms with Gasteiger partial charge in [-0.2, -0.15) is 0 Å². The van der Waals surface area contributed by atoms with E-state index in [-0.39, 0.29) is 8.76 Å². The first-order chi connectivity index (χ1) is 13.5. The van der Waals surface area contributed by atoms with Crippen LogP contribution in [-0.2, 0) is 4.79 Å². The second-order valence-corrected chi connectivity index (χ2v) is 6.78. The SMILES string of the molecule is CC(=O)N1CCCN(c2nccc(-c3c[nH]c4ncc(C(N)=O)cc34)n2)CC1.[HH].[HH]. The van der Waals surface area contributed by atoms with Crippen LogP contribution in [0, 0.1) is 0 Å². The van der Waals surface area contributed by atoms with Crippen LogP contribution < -0.4 is 10.6 Å². The lowest BCUT2D eigenvalue weighted by atomic mass is 10.1. The van der Waals surface area contributed by atoms with E-state index in [1.165, 1.54) is 6.20 Å². The third kappa shape index (κ3) is 3.38. The first-order valence-electron chi connectivity index (χ1n) is 9.14. The molecule has 28 heavy (non-hydrogen) atoms. The smallest absolute Gasteiger partial charge is 0.250 e. The van der Waals surface area contributed by atoms with Crippen molar-refractivity contribution >= 4 is 28.8 Å². The number of primary amides is 1. The first kappa shape index (κ1) is 17.9. The average molecular weight is 383 g/mol. The lowest BCUT2D eigenvalue weighted by molar-refractivity contribution is -0.128. The number of anilines is 1. The van der Waals surface area contributed by atoms with Crippen molar-refractivity contribution in [1.82, 2.24) is 24.8 Å². The predicted octanol–water partition coefficient (Wildman–Crippen LogP) is 1.67. The Bertz CT molecular complexity index is 1060. The molecule has 0 atom stereocenters. The molecule has 0 radical (unpaired) electrons. The average Bonchev–Trinajstić information content (AvgIpc) is 2.95. The third-order valence-corrected chi connectivity index (χ3v) is 4.96. The molecule has 4 rings (SSSR count). The van der Waals surface area contributed by atoms with Crippen molar-refractivity contribution in [3.63, 3.8) is 0 Å². The van der Waals surface area contributed by atoms with Gasteiger partial charge in [-0.15, -0.1) is 0 Å². The van der Waals surface area contributed by atoms with Crippen molar-refractivity contribution < 1.29 is 12.4 Å². The Morgan fingerprint density at radius 2 is 2.07 bits per heavy atom. The Balaban J connectivity index is 0.00000160. The molecule has 9 nitrogen and oxygen atoms in total. The standard InChI is InChI=1S/C19H21N7O2.2H2/c1-12(27)25-5-2-6-26(8-7-25)19-21-4-3-16(24-19)15-11-23-18-14(15)9-13(10-22-18)17(20)28;;/h3-4,9-11H,2,5-8H2,1H3,(H2,20,28)(H,22,23);2*1H. The molecule has 0 unspecified atom stereocenters. The van der Waals surface area contributed by atoms with Crippen LogP contribution in [0.3, 0.4) is 0 Å². The van der Waals surface area contributed by atoms with Crippen molar-refractivity contribution in [3.05, 3.63) is 36.3 Å². The second-order valence-electron chi connectivity index (χ2n) is 6.78. The Kier molecular flexibility index (Phi) is 4.64. The summed E-state index contributed by atoms with van der Waals surface area (Å²) in [5, 5.41) is 0.777. The van der Waals surface area contributed by atoms with Gasteiger partial charge in [-0.1, -0.05) is 0 Å². The number of aromatic nitrogens is 4. The molecule has 0 bridgehead atoms. The molecule has 0 aliphatic carbocycles. The van der Waals surface area contributed by atoms with Crippen molar-refractivity contribution in [2.75, 3.05) is 31.1 Å². The van der Waals surface area contributed by atoms with Crippen molar-refractivity contribution in [2.24, 2.45) is 5.73 Å². The minimum Gasteiger partial charge on any atom is -0.366 e. The molecule has 0 saturated carbocycles. The maximum atomic E-state index is 11.6. The first-order valence-corrected chi connectivity index (χ1v) is 9.14. The lowest BCUT2D eigenvalue weighted by Crippen LogP contribution is -2.34. The summed E-state index contributed by atoms with van der Waals surface area (Å²) in [4.78, 5) is 43.6. The number of carbonyl (C=O) groups excluding carboxylic acids is 2. The molecule has 9 heteroatoms. The Morgan fingerprint density at radius 1 is 1.21 bits per heavy atom. The fraction of sp³-hybridized carbons (Fsp3) is 0.316. The van der Waals surface area contributed by atoms with Gasteiger partial charge in [0.05, 0.1) is 11.3 Å². The third-order valence-electron chi connectivity index (χ3n) is 4.96. The van der Waals surface area contributed by atoms with Gasteiger partial charge in [0.2, 0.25) is 17.8 Å². The zero-order valence-corrected chi connectivity index (χ0v) is 15.6. The van der Waals surface area contributed by atoms with Crippen LogP contribution in [0.25, 0.3) is 22.3 Å². The molecule has 3 aromatic heterocycles. The van der Waals surface area contributed by atoms with Crippen LogP contribution in [0.1, 0.15) is 26.6 Å². The minimum absolute atomic E-state index is 0. The molecule has 0 spiro atoms. The van der Waals surface area contributed by atoms with E-state index < -0.39 is 5.91 Å². The quantitative estimate of drug-likeness (QED) is 0.710. The highest BCUT2D eigenvalue weighted by molar-refractivity contribution is 6.00. The molecule has 0 aromatic carbocycles. The molecule has 1 aliphatic rings. The van der Waals surface area contributed by atoms with Gasteiger partial charge in [-0.05, 0) is 18.6 Å². The number of carbonyl (C=O) groups is 2. The molecule has 2 amide bonds. The molecular weight excluding hydrogens is 358 g/mol. The van der Waals surface area contributed by atoms with E-state index in [9.17, 15) is 9.59 Å². The molecule has 1 aliphatic heterocycles. The minimum atomic E-state index is -0.524. The van der Waals surface area contributed by atoms with Crippen molar-refractivity contribution in [1.29, 1.82) is 0 Å². The number of nitrogens with one attached hydrogen (secondary N) is 1. The molecule has 148 valence electrons. The Morgan fingerprint density at radius 3 is 2.86 bits per heavy atom. The highest BCUT2D eigenvalue weighted by atomic mass is 16.2. The summed E-state index contributed by atoms with van der Waals surface area (Å²) in [6.07, 6.45) is 5.85. The van der Waals surface area contributed by atoms with E-state index in [0.717, 1.165) is 36.2 Å². The highest BCUT2D eigenvalue weighted by Gasteiger charge is 2.19. The van der Waals surface area contributed by atoms with E-state index in [1.807, 2.05) is 17.2 Å². The number of nitrogens with zero attached hydrogens (tertiary/aromatic N) is 5. The van der Waals surface area contributed by atoms with Gasteiger partial charge in [0.25, 0.3) is 0 Å². The van der Waals surface area contributed by atoms with E-state index >= 15 is 0 Å². The van der Waals surface area contributed by atoms with Crippen LogP contribution in [0.4, 0.5) is 5.95 Å². The van der Waals surface area contributed by atoms with E-state index in [1.54, 1.807) is 19.2 Å². The second kappa shape index (κ2) is 7.26. The molecule has 3 N–H and O–H groups in total. The number of amides is 2. The monoisotopic (exact) mass is 383 g/mol. The summed E-state index contributed by atoms with van der Waals surface area (Å²) in [7, 11) is 0. The fourth-order valence-electron chi connectivity index (χ4n) is 3.43. The lowest BCUT2D eigenvalue weighted by Gasteiger charge is -2.21. The summed E-state index contributed by atoms with van der Waals surface area (Å²) in [6, 6.07) is 3.54. The van der Waals surface area contributed by atoms with Crippen LogP contribution in [-0.4, -0.2) is 62.8 Å². The summed E-state index contributed by atoms with van der Waals surface area (Å²) >= 11 is 0. The summed E-state index contributed by atoms with van der Waals surface area (Å²) < 4.78 is 0. The normalized spacial score (nSPS) is 14.9. The van der Waals surface area contributed by atoms with Gasteiger partial charge >= 0.3 is 0 Å². The number of aromatic amines is 1. The summed E-state index contributed by atoms with van der Waals surface area (Å²) in [5.41, 5.74) is 7.94. The Hall–Kier alpha value is -3.49.